The minimum Gasteiger partial charge on any atom is -0.0619 e. The summed E-state index contributed by atoms with van der Waals surface area (Å²) in [7, 11) is 0. The molecule has 5 aromatic carbocycles. The first-order valence-electron chi connectivity index (χ1n) is 10.8. The molecule has 0 aromatic heterocycles. The smallest absolute Gasteiger partial charge is 0.0619 e. The lowest BCUT2D eigenvalue weighted by atomic mass is 9.70. The normalized spacial score (nSPS) is 14.1. The van der Waals surface area contributed by atoms with Crippen molar-refractivity contribution in [1.82, 2.24) is 0 Å². The van der Waals surface area contributed by atoms with Gasteiger partial charge in [-0.25, -0.2) is 0 Å². The molecule has 0 atom stereocenters. The largest absolute Gasteiger partial charge is 0.0725 e. The standard InChI is InChI=1S/C31H19/c1-2-11-21(12-3-1)22-16-10-20-29-30(22)25-15-6-9-19-28(25)31(29)26-17-7-4-13-23(26)24-14-5-8-18-27(24)31/h2-20H. The molecule has 1 radical (unpaired) electrons. The summed E-state index contributed by atoms with van der Waals surface area (Å²) in [6, 6.07) is 45.2. The van der Waals surface area contributed by atoms with Crippen LogP contribution in [0.15, 0.2) is 115 Å². The zero-order valence-electron chi connectivity index (χ0n) is 17.0. The van der Waals surface area contributed by atoms with E-state index in [1.54, 1.807) is 0 Å². The number of hydrogen-bond acceptors (Lipinski definition) is 0. The Morgan fingerprint density at radius 3 is 1.55 bits per heavy atom. The van der Waals surface area contributed by atoms with Gasteiger partial charge in [0.2, 0.25) is 0 Å². The monoisotopic (exact) mass is 391 g/mol. The van der Waals surface area contributed by atoms with Crippen molar-refractivity contribution in [3.05, 3.63) is 144 Å². The molecule has 0 saturated heterocycles. The van der Waals surface area contributed by atoms with Gasteiger partial charge >= 0.3 is 0 Å². The molecular weight excluding hydrogens is 372 g/mol. The third kappa shape index (κ3) is 2.00. The zero-order chi connectivity index (χ0) is 20.4. The Labute approximate surface area is 182 Å². The topological polar surface area (TPSA) is 0 Å². The highest BCUT2D eigenvalue weighted by atomic mass is 14.5. The van der Waals surface area contributed by atoms with Gasteiger partial charge in [0, 0.05) is 0 Å². The highest BCUT2D eigenvalue weighted by molar-refractivity contribution is 5.99. The molecular formula is C31H19. The molecule has 0 heteroatoms. The molecule has 7 rings (SSSR count). The van der Waals surface area contributed by atoms with Crippen LogP contribution in [0.3, 0.4) is 0 Å². The van der Waals surface area contributed by atoms with E-state index in [-0.39, 0.29) is 5.41 Å². The SMILES string of the molecule is [c]1ccc(-c2cccc3c2-c2ccccc2C32c3ccccc3-c3ccccc32)cc1. The Kier molecular flexibility index (Phi) is 3.29. The van der Waals surface area contributed by atoms with E-state index < -0.39 is 0 Å². The van der Waals surface area contributed by atoms with Gasteiger partial charge in [-0.15, -0.1) is 0 Å². The second-order valence-corrected chi connectivity index (χ2v) is 8.40. The molecule has 1 spiro atoms. The van der Waals surface area contributed by atoms with Crippen molar-refractivity contribution in [3.8, 4) is 33.4 Å². The Bertz CT molecular complexity index is 1430. The average molecular weight is 391 g/mol. The summed E-state index contributed by atoms with van der Waals surface area (Å²) in [6.07, 6.45) is 0. The first-order valence-corrected chi connectivity index (χ1v) is 10.8. The molecule has 0 nitrogen and oxygen atoms in total. The van der Waals surface area contributed by atoms with E-state index in [9.17, 15) is 0 Å². The Morgan fingerprint density at radius 2 is 0.903 bits per heavy atom. The number of hydrogen-bond donors (Lipinski definition) is 0. The predicted octanol–water partition coefficient (Wildman–Crippen LogP) is 7.50. The van der Waals surface area contributed by atoms with Crippen LogP contribution < -0.4 is 0 Å². The molecule has 143 valence electrons. The summed E-state index contributed by atoms with van der Waals surface area (Å²) in [5.74, 6) is 0. The van der Waals surface area contributed by atoms with Crippen LogP contribution in [0.25, 0.3) is 33.4 Å². The lowest BCUT2D eigenvalue weighted by molar-refractivity contribution is 0.794. The van der Waals surface area contributed by atoms with Crippen molar-refractivity contribution in [2.45, 2.75) is 5.41 Å². The molecule has 2 aliphatic rings. The molecule has 5 aromatic rings. The van der Waals surface area contributed by atoms with Gasteiger partial charge in [0.25, 0.3) is 0 Å². The van der Waals surface area contributed by atoms with Gasteiger partial charge in [0.05, 0.1) is 5.41 Å². The highest BCUT2D eigenvalue weighted by Gasteiger charge is 2.51. The molecule has 0 saturated carbocycles. The van der Waals surface area contributed by atoms with E-state index in [0.29, 0.717) is 0 Å². The van der Waals surface area contributed by atoms with E-state index in [2.05, 4.69) is 109 Å². The fourth-order valence-electron chi connectivity index (χ4n) is 5.95. The van der Waals surface area contributed by atoms with E-state index in [1.165, 1.54) is 55.6 Å². The van der Waals surface area contributed by atoms with Crippen LogP contribution in [0, 0.1) is 6.07 Å². The Hall–Kier alpha value is -3.90. The van der Waals surface area contributed by atoms with Gasteiger partial charge in [-0.1, -0.05) is 115 Å². The van der Waals surface area contributed by atoms with E-state index >= 15 is 0 Å². The molecule has 2 aliphatic carbocycles. The maximum atomic E-state index is 3.16. The van der Waals surface area contributed by atoms with Crippen molar-refractivity contribution in [1.29, 1.82) is 0 Å². The maximum absolute atomic E-state index is 3.16. The van der Waals surface area contributed by atoms with Crippen molar-refractivity contribution >= 4 is 0 Å². The van der Waals surface area contributed by atoms with Crippen LogP contribution in [-0.4, -0.2) is 0 Å². The zero-order valence-corrected chi connectivity index (χ0v) is 17.0. The number of benzene rings is 5. The van der Waals surface area contributed by atoms with Crippen LogP contribution in [0.4, 0.5) is 0 Å². The summed E-state index contributed by atoms with van der Waals surface area (Å²) >= 11 is 0. The summed E-state index contributed by atoms with van der Waals surface area (Å²) in [5.41, 5.74) is 13.2. The van der Waals surface area contributed by atoms with Gasteiger partial charge in [-0.05, 0) is 61.7 Å². The lowest BCUT2D eigenvalue weighted by Crippen LogP contribution is -2.25. The van der Waals surface area contributed by atoms with E-state index in [0.717, 1.165) is 0 Å². The van der Waals surface area contributed by atoms with Gasteiger partial charge in [-0.3, -0.25) is 0 Å². The molecule has 31 heavy (non-hydrogen) atoms. The molecule has 0 amide bonds. The van der Waals surface area contributed by atoms with Crippen molar-refractivity contribution in [3.63, 3.8) is 0 Å². The summed E-state index contributed by atoms with van der Waals surface area (Å²) in [6.45, 7) is 0. The van der Waals surface area contributed by atoms with Crippen LogP contribution in [0.2, 0.25) is 0 Å². The van der Waals surface area contributed by atoms with Gasteiger partial charge in [-0.2, -0.15) is 0 Å². The summed E-state index contributed by atoms with van der Waals surface area (Å²) in [4.78, 5) is 0. The van der Waals surface area contributed by atoms with Crippen LogP contribution >= 0.6 is 0 Å². The molecule has 0 aliphatic heterocycles. The minimum atomic E-state index is -0.268. The first-order chi connectivity index (χ1) is 15.4. The van der Waals surface area contributed by atoms with Crippen LogP contribution in [0.1, 0.15) is 22.3 Å². The van der Waals surface area contributed by atoms with Crippen molar-refractivity contribution in [2.75, 3.05) is 0 Å². The van der Waals surface area contributed by atoms with E-state index in [1.807, 2.05) is 12.1 Å². The Morgan fingerprint density at radius 1 is 0.419 bits per heavy atom. The molecule has 0 fully saturated rings. The van der Waals surface area contributed by atoms with Crippen LogP contribution in [0.5, 0.6) is 0 Å². The maximum Gasteiger partial charge on any atom is 0.0725 e. The van der Waals surface area contributed by atoms with Crippen molar-refractivity contribution < 1.29 is 0 Å². The summed E-state index contributed by atoms with van der Waals surface area (Å²) < 4.78 is 0. The van der Waals surface area contributed by atoms with Crippen molar-refractivity contribution in [2.24, 2.45) is 0 Å². The third-order valence-electron chi connectivity index (χ3n) is 7.05. The fraction of sp³-hybridized carbons (Fsp3) is 0.0323. The van der Waals surface area contributed by atoms with Gasteiger partial charge < -0.3 is 0 Å². The third-order valence-corrected chi connectivity index (χ3v) is 7.05. The minimum absolute atomic E-state index is 0.268. The highest BCUT2D eigenvalue weighted by Crippen LogP contribution is 2.63. The van der Waals surface area contributed by atoms with Gasteiger partial charge in [0.15, 0.2) is 0 Å². The predicted molar refractivity (Wildman–Crippen MR) is 127 cm³/mol. The fourth-order valence-corrected chi connectivity index (χ4v) is 5.95. The first kappa shape index (κ1) is 16.8. The molecule has 0 bridgehead atoms. The second kappa shape index (κ2) is 6.06. The van der Waals surface area contributed by atoms with Crippen LogP contribution in [-0.2, 0) is 5.41 Å². The Balaban J connectivity index is 1.69. The second-order valence-electron chi connectivity index (χ2n) is 8.40. The average Bonchev–Trinajstić information content (AvgIpc) is 3.32. The number of fused-ring (bicyclic) bond motifs is 10. The molecule has 0 N–H and O–H groups in total. The molecule has 0 unspecified atom stereocenters. The quantitative estimate of drug-likeness (QED) is 0.272. The summed E-state index contributed by atoms with van der Waals surface area (Å²) in [5, 5.41) is 0. The van der Waals surface area contributed by atoms with Gasteiger partial charge in [0.1, 0.15) is 0 Å². The van der Waals surface area contributed by atoms with E-state index in [4.69, 9.17) is 0 Å². The number of rotatable bonds is 1. The molecule has 0 heterocycles. The lowest BCUT2D eigenvalue weighted by Gasteiger charge is -2.30.